The molecule has 3 aliphatic rings. The van der Waals surface area contributed by atoms with Crippen LogP contribution in [0.15, 0.2) is 35.6 Å². The summed E-state index contributed by atoms with van der Waals surface area (Å²) in [4.78, 5) is 21.5. The van der Waals surface area contributed by atoms with Gasteiger partial charge < -0.3 is 4.90 Å². The molecule has 0 unspecified atom stereocenters. The van der Waals surface area contributed by atoms with Crippen molar-refractivity contribution in [1.82, 2.24) is 19.8 Å². The Morgan fingerprint density at radius 2 is 1.87 bits per heavy atom. The fraction of sp³-hybridized carbons (Fsp3) is 0.640. The average molecular weight is 425 g/mol. The van der Waals surface area contributed by atoms with Crippen LogP contribution in [0.4, 0.5) is 5.95 Å². The van der Waals surface area contributed by atoms with Crippen LogP contribution < -0.4 is 4.90 Å². The highest BCUT2D eigenvalue weighted by atomic mass is 15.3. The number of aromatic nitrogens is 2. The van der Waals surface area contributed by atoms with E-state index in [2.05, 4.69) is 32.5 Å². The van der Waals surface area contributed by atoms with Crippen LogP contribution >= 0.6 is 0 Å². The van der Waals surface area contributed by atoms with Crippen molar-refractivity contribution in [1.29, 1.82) is 0 Å². The van der Waals surface area contributed by atoms with Crippen molar-refractivity contribution < 1.29 is 0 Å². The predicted molar refractivity (Wildman–Crippen MR) is 131 cm³/mol. The van der Waals surface area contributed by atoms with Gasteiger partial charge in [-0.15, -0.1) is 0 Å². The monoisotopic (exact) mass is 424 g/mol. The molecule has 4 rings (SSSR count). The molecule has 31 heavy (non-hydrogen) atoms. The zero-order valence-corrected chi connectivity index (χ0v) is 19.8. The molecule has 1 aromatic rings. The van der Waals surface area contributed by atoms with E-state index in [1.165, 1.54) is 30.5 Å². The molecule has 0 radical (unpaired) electrons. The van der Waals surface area contributed by atoms with Gasteiger partial charge in [-0.05, 0) is 37.3 Å². The Balaban J connectivity index is 0.00000132. The van der Waals surface area contributed by atoms with Gasteiger partial charge in [0.15, 0.2) is 0 Å². The third kappa shape index (κ3) is 6.23. The molecule has 1 aliphatic carbocycles. The molecule has 0 bridgehead atoms. The van der Waals surface area contributed by atoms with Crippen molar-refractivity contribution in [3.8, 4) is 0 Å². The van der Waals surface area contributed by atoms with Gasteiger partial charge in [-0.1, -0.05) is 32.9 Å². The summed E-state index contributed by atoms with van der Waals surface area (Å²) in [6, 6.07) is 0.841. The van der Waals surface area contributed by atoms with Gasteiger partial charge >= 0.3 is 0 Å². The Morgan fingerprint density at radius 3 is 2.52 bits per heavy atom. The molecular formula is C25H40N6. The van der Waals surface area contributed by atoms with Crippen LogP contribution in [0, 0.1) is 0 Å². The first-order valence-electron chi connectivity index (χ1n) is 12.1. The summed E-state index contributed by atoms with van der Waals surface area (Å²) in [6.07, 6.45) is 13.9. The largest absolute Gasteiger partial charge is 0.338 e. The normalized spacial score (nSPS) is 21.1. The number of hydrogen-bond acceptors (Lipinski definition) is 6. The summed E-state index contributed by atoms with van der Waals surface area (Å²) in [5, 5.41) is 0. The molecule has 6 nitrogen and oxygen atoms in total. The second-order valence-electron chi connectivity index (χ2n) is 8.34. The Hall–Kier alpha value is -2.05. The Kier molecular flexibility index (Phi) is 9.22. The Morgan fingerprint density at radius 1 is 1.13 bits per heavy atom. The van der Waals surface area contributed by atoms with E-state index in [4.69, 9.17) is 9.97 Å². The Bertz CT molecular complexity index is 759. The van der Waals surface area contributed by atoms with E-state index in [0.29, 0.717) is 0 Å². The van der Waals surface area contributed by atoms with E-state index in [9.17, 15) is 0 Å². The first kappa shape index (κ1) is 23.6. The van der Waals surface area contributed by atoms with Crippen LogP contribution in [-0.4, -0.2) is 77.8 Å². The lowest BCUT2D eigenvalue weighted by Gasteiger charge is -2.43. The van der Waals surface area contributed by atoms with Gasteiger partial charge in [0.1, 0.15) is 0 Å². The summed E-state index contributed by atoms with van der Waals surface area (Å²) in [7, 11) is 0. The minimum atomic E-state index is 0.841. The molecule has 0 amide bonds. The molecule has 2 fully saturated rings. The van der Waals surface area contributed by atoms with E-state index in [-0.39, 0.29) is 0 Å². The van der Waals surface area contributed by atoms with Gasteiger partial charge in [0.25, 0.3) is 0 Å². The molecule has 170 valence electrons. The molecule has 6 heteroatoms. The molecule has 1 aromatic heterocycles. The van der Waals surface area contributed by atoms with Gasteiger partial charge in [-0.3, -0.25) is 14.8 Å². The maximum atomic E-state index is 5.00. The van der Waals surface area contributed by atoms with E-state index in [1.807, 2.05) is 39.3 Å². The topological polar surface area (TPSA) is 47.9 Å². The number of anilines is 1. The van der Waals surface area contributed by atoms with Crippen molar-refractivity contribution in [2.75, 3.05) is 50.7 Å². The lowest BCUT2D eigenvalue weighted by atomic mass is 9.91. The molecule has 0 aromatic carbocycles. The maximum absolute atomic E-state index is 5.00. The number of nitrogens with zero attached hydrogens (tertiary/aromatic N) is 6. The number of fused-ring (bicyclic) bond motifs is 1. The second kappa shape index (κ2) is 12.1. The van der Waals surface area contributed by atoms with Crippen molar-refractivity contribution in [3.05, 3.63) is 41.9 Å². The molecule has 0 atom stereocenters. The highest BCUT2D eigenvalue weighted by Gasteiger charge is 2.29. The highest BCUT2D eigenvalue weighted by molar-refractivity contribution is 5.54. The molecule has 0 N–H and O–H groups in total. The molecule has 2 aliphatic heterocycles. The summed E-state index contributed by atoms with van der Waals surface area (Å²) in [5.74, 6) is 0.925. The Labute approximate surface area is 188 Å². The number of hydrogen-bond donors (Lipinski definition) is 0. The average Bonchev–Trinajstić information content (AvgIpc) is 2.99. The van der Waals surface area contributed by atoms with Gasteiger partial charge in [-0.25, -0.2) is 9.97 Å². The molecule has 1 saturated heterocycles. The van der Waals surface area contributed by atoms with Crippen LogP contribution in [0.2, 0.25) is 0 Å². The summed E-state index contributed by atoms with van der Waals surface area (Å²) < 4.78 is 0. The van der Waals surface area contributed by atoms with Crippen LogP contribution in [0.1, 0.15) is 51.3 Å². The van der Waals surface area contributed by atoms with Gasteiger partial charge in [0.2, 0.25) is 5.95 Å². The quantitative estimate of drug-likeness (QED) is 0.514. The van der Waals surface area contributed by atoms with E-state index < -0.39 is 0 Å². The number of rotatable bonds is 6. The lowest BCUT2D eigenvalue weighted by molar-refractivity contribution is 0.120. The number of piperazine rings is 1. The molecule has 0 spiro atoms. The highest BCUT2D eigenvalue weighted by Crippen LogP contribution is 2.26. The van der Waals surface area contributed by atoms with E-state index >= 15 is 0 Å². The van der Waals surface area contributed by atoms with E-state index in [0.717, 1.165) is 76.2 Å². The summed E-state index contributed by atoms with van der Waals surface area (Å²) >= 11 is 0. The smallest absolute Gasteiger partial charge is 0.225 e. The van der Waals surface area contributed by atoms with Crippen LogP contribution in [-0.2, 0) is 12.8 Å². The second-order valence-corrected chi connectivity index (χ2v) is 8.34. The van der Waals surface area contributed by atoms with Gasteiger partial charge in [-0.2, -0.15) is 0 Å². The first-order chi connectivity index (χ1) is 15.3. The predicted octanol–water partition coefficient (Wildman–Crippen LogP) is 3.74. The van der Waals surface area contributed by atoms with Crippen molar-refractivity contribution >= 4 is 12.2 Å². The van der Waals surface area contributed by atoms with E-state index in [1.54, 1.807) is 0 Å². The van der Waals surface area contributed by atoms with Crippen molar-refractivity contribution in [2.24, 2.45) is 4.99 Å². The zero-order valence-electron chi connectivity index (χ0n) is 19.8. The fourth-order valence-corrected chi connectivity index (χ4v) is 4.45. The molecule has 1 saturated carbocycles. The maximum Gasteiger partial charge on any atom is 0.225 e. The standard InChI is InChI=1S/C23H34N6.C2H6/c1-3-19(16-24-4-2)18-27-10-8-20-17-25-23(26-22(20)9-11-27)29-14-12-28(13-15-29)21-6-5-7-21;1-2/h3-4,16-17,21H,1,5-15,18H2,2H3;1-2H3/b19-16+,24-4?;. The van der Waals surface area contributed by atoms with Crippen LogP contribution in [0.3, 0.4) is 0 Å². The number of aliphatic imine (C=N–C) groups is 1. The molecule has 3 heterocycles. The van der Waals surface area contributed by atoms with Gasteiger partial charge in [0, 0.05) is 76.9 Å². The lowest BCUT2D eigenvalue weighted by Crippen LogP contribution is -2.52. The summed E-state index contributed by atoms with van der Waals surface area (Å²) in [5.41, 5.74) is 3.69. The third-order valence-corrected chi connectivity index (χ3v) is 6.55. The van der Waals surface area contributed by atoms with Crippen molar-refractivity contribution in [3.63, 3.8) is 0 Å². The SMILES string of the molecule is C=C/C(=C\N=CC)CN1CCc2cnc(N3CCN(C4CCC4)CC3)nc2CC1.CC. The third-order valence-electron chi connectivity index (χ3n) is 6.55. The summed E-state index contributed by atoms with van der Waals surface area (Å²) in [6.45, 7) is 17.2. The van der Waals surface area contributed by atoms with Crippen molar-refractivity contribution in [2.45, 2.75) is 58.9 Å². The van der Waals surface area contributed by atoms with Crippen LogP contribution in [0.5, 0.6) is 0 Å². The zero-order chi connectivity index (χ0) is 22.1. The molecular weight excluding hydrogens is 384 g/mol. The first-order valence-corrected chi connectivity index (χ1v) is 12.1. The fourth-order valence-electron chi connectivity index (χ4n) is 4.45. The van der Waals surface area contributed by atoms with Gasteiger partial charge in [0.05, 0.1) is 5.69 Å². The van der Waals surface area contributed by atoms with Crippen LogP contribution in [0.25, 0.3) is 0 Å². The minimum Gasteiger partial charge on any atom is -0.338 e. The minimum absolute atomic E-state index is 0.841.